The minimum absolute atomic E-state index is 1.01. The van der Waals surface area contributed by atoms with Crippen molar-refractivity contribution in [1.29, 1.82) is 0 Å². The van der Waals surface area contributed by atoms with E-state index in [9.17, 15) is 0 Å². The van der Waals surface area contributed by atoms with Crippen LogP contribution < -0.4 is 0 Å². The number of pyridine rings is 1. The first-order valence-electron chi connectivity index (χ1n) is 8.27. The van der Waals surface area contributed by atoms with Crippen LogP contribution in [0.15, 0.2) is 89.4 Å². The maximum absolute atomic E-state index is 4.86. The van der Waals surface area contributed by atoms with Crippen LogP contribution in [-0.2, 0) is 0 Å². The Balaban J connectivity index is 1.97. The first kappa shape index (κ1) is 14.6. The predicted octanol–water partition coefficient (Wildman–Crippen LogP) is 6.97. The van der Waals surface area contributed by atoms with Gasteiger partial charge in [0.1, 0.15) is 0 Å². The molecule has 0 aliphatic rings. The van der Waals surface area contributed by atoms with E-state index in [4.69, 9.17) is 4.98 Å². The summed E-state index contributed by atoms with van der Waals surface area (Å²) in [5.74, 6) is 0. The van der Waals surface area contributed by atoms with Gasteiger partial charge in [-0.2, -0.15) is 0 Å². The molecule has 5 aromatic rings. The Morgan fingerprint density at radius 3 is 2.32 bits per heavy atom. The highest BCUT2D eigenvalue weighted by Crippen LogP contribution is 2.39. The van der Waals surface area contributed by atoms with Crippen molar-refractivity contribution in [2.45, 2.75) is 0 Å². The van der Waals surface area contributed by atoms with E-state index in [2.05, 4.69) is 88.7 Å². The van der Waals surface area contributed by atoms with Crippen molar-refractivity contribution in [3.05, 3.63) is 89.4 Å². The van der Waals surface area contributed by atoms with E-state index < -0.39 is 0 Å². The molecular formula is C23H14BrN. The number of para-hydroxylation sites is 1. The van der Waals surface area contributed by atoms with E-state index in [0.717, 1.165) is 20.9 Å². The molecule has 1 aromatic heterocycles. The third-order valence-corrected chi connectivity index (χ3v) is 5.35. The largest absolute Gasteiger partial charge is 0.248 e. The van der Waals surface area contributed by atoms with Crippen molar-refractivity contribution in [3.63, 3.8) is 0 Å². The summed E-state index contributed by atoms with van der Waals surface area (Å²) in [6.07, 6.45) is 0. The van der Waals surface area contributed by atoms with Crippen LogP contribution in [0.5, 0.6) is 0 Å². The number of nitrogens with zero attached hydrogens (tertiary/aromatic N) is 1. The smallest absolute Gasteiger partial charge is 0.0727 e. The summed E-state index contributed by atoms with van der Waals surface area (Å²) in [6, 6.07) is 29.7. The Kier molecular flexibility index (Phi) is 3.32. The van der Waals surface area contributed by atoms with Crippen LogP contribution in [0.3, 0.4) is 0 Å². The number of aromatic nitrogens is 1. The van der Waals surface area contributed by atoms with E-state index in [1.807, 2.05) is 12.1 Å². The van der Waals surface area contributed by atoms with Gasteiger partial charge in [-0.1, -0.05) is 76.6 Å². The van der Waals surface area contributed by atoms with E-state index in [1.165, 1.54) is 27.3 Å². The van der Waals surface area contributed by atoms with Gasteiger partial charge < -0.3 is 0 Å². The first-order valence-corrected chi connectivity index (χ1v) is 9.07. The maximum Gasteiger partial charge on any atom is 0.0727 e. The van der Waals surface area contributed by atoms with Gasteiger partial charge in [0, 0.05) is 20.8 Å². The zero-order valence-corrected chi connectivity index (χ0v) is 15.0. The lowest BCUT2D eigenvalue weighted by Gasteiger charge is -2.13. The van der Waals surface area contributed by atoms with E-state index in [0.29, 0.717) is 0 Å². The lowest BCUT2D eigenvalue weighted by Crippen LogP contribution is -1.90. The Hall–Kier alpha value is -2.71. The molecule has 1 nitrogen and oxygen atoms in total. The van der Waals surface area contributed by atoms with Crippen LogP contribution in [0.1, 0.15) is 0 Å². The van der Waals surface area contributed by atoms with Crippen LogP contribution >= 0.6 is 15.9 Å². The molecule has 0 unspecified atom stereocenters. The molecule has 0 aliphatic carbocycles. The van der Waals surface area contributed by atoms with Gasteiger partial charge >= 0.3 is 0 Å². The van der Waals surface area contributed by atoms with Gasteiger partial charge in [0.05, 0.1) is 11.0 Å². The van der Waals surface area contributed by atoms with Gasteiger partial charge in [0.2, 0.25) is 0 Å². The Morgan fingerprint density at radius 2 is 1.40 bits per heavy atom. The molecule has 0 aliphatic heterocycles. The summed E-state index contributed by atoms with van der Waals surface area (Å²) in [5.41, 5.74) is 4.49. The third kappa shape index (κ3) is 2.33. The molecule has 25 heavy (non-hydrogen) atoms. The average molecular weight is 384 g/mol. The molecule has 0 N–H and O–H groups in total. The van der Waals surface area contributed by atoms with Crippen molar-refractivity contribution in [1.82, 2.24) is 4.98 Å². The van der Waals surface area contributed by atoms with Gasteiger partial charge in [-0.25, -0.2) is 4.98 Å². The molecule has 5 rings (SSSR count). The number of benzene rings is 4. The van der Waals surface area contributed by atoms with Gasteiger partial charge in [0.15, 0.2) is 0 Å². The fraction of sp³-hybridized carbons (Fsp3) is 0. The van der Waals surface area contributed by atoms with Crippen LogP contribution in [0.4, 0.5) is 0 Å². The molecule has 0 saturated heterocycles. The third-order valence-electron chi connectivity index (χ3n) is 4.69. The topological polar surface area (TPSA) is 12.9 Å². The summed E-state index contributed by atoms with van der Waals surface area (Å²) >= 11 is 3.74. The number of fused-ring (bicyclic) bond motifs is 3. The molecule has 0 atom stereocenters. The van der Waals surface area contributed by atoms with Crippen molar-refractivity contribution in [2.24, 2.45) is 0 Å². The fourth-order valence-electron chi connectivity index (χ4n) is 3.55. The lowest BCUT2D eigenvalue weighted by molar-refractivity contribution is 1.49. The zero-order chi connectivity index (χ0) is 16.8. The molecule has 0 bridgehead atoms. The number of halogens is 1. The zero-order valence-electron chi connectivity index (χ0n) is 13.4. The average Bonchev–Trinajstić information content (AvgIpc) is 2.66. The van der Waals surface area contributed by atoms with Crippen molar-refractivity contribution in [2.75, 3.05) is 0 Å². The molecule has 118 valence electrons. The minimum atomic E-state index is 1.01. The molecule has 4 aromatic carbocycles. The monoisotopic (exact) mass is 383 g/mol. The Labute approximate surface area is 154 Å². The molecule has 0 spiro atoms. The van der Waals surface area contributed by atoms with Crippen LogP contribution in [0.25, 0.3) is 43.7 Å². The highest BCUT2D eigenvalue weighted by molar-refractivity contribution is 9.10. The van der Waals surface area contributed by atoms with Gasteiger partial charge in [-0.15, -0.1) is 0 Å². The Bertz CT molecular complexity index is 1260. The van der Waals surface area contributed by atoms with Crippen LogP contribution in [0, 0.1) is 0 Å². The summed E-state index contributed by atoms with van der Waals surface area (Å²) in [7, 11) is 0. The molecule has 2 heteroatoms. The van der Waals surface area contributed by atoms with Crippen molar-refractivity contribution < 1.29 is 0 Å². The van der Waals surface area contributed by atoms with Crippen LogP contribution in [-0.4, -0.2) is 4.98 Å². The summed E-state index contributed by atoms with van der Waals surface area (Å²) in [4.78, 5) is 4.86. The lowest BCUT2D eigenvalue weighted by atomic mass is 9.94. The molecule has 0 fully saturated rings. The standard InChI is InChI=1S/C23H14BrN/c24-19-9-5-11-21-23(19)22(18-8-3-4-10-20(18)25-21)17-13-12-15-6-1-2-7-16(15)14-17/h1-14H. The quantitative estimate of drug-likeness (QED) is 0.284. The van der Waals surface area contributed by atoms with Crippen molar-refractivity contribution in [3.8, 4) is 11.1 Å². The highest BCUT2D eigenvalue weighted by Gasteiger charge is 2.13. The minimum Gasteiger partial charge on any atom is -0.248 e. The normalized spacial score (nSPS) is 11.4. The summed E-state index contributed by atoms with van der Waals surface area (Å²) < 4.78 is 1.08. The van der Waals surface area contributed by atoms with Crippen LogP contribution in [0.2, 0.25) is 0 Å². The highest BCUT2D eigenvalue weighted by atomic mass is 79.9. The molecule has 0 amide bonds. The first-order chi connectivity index (χ1) is 12.3. The fourth-order valence-corrected chi connectivity index (χ4v) is 4.10. The summed E-state index contributed by atoms with van der Waals surface area (Å²) in [5, 5.41) is 4.85. The second kappa shape index (κ2) is 5.68. The van der Waals surface area contributed by atoms with Gasteiger partial charge in [-0.3, -0.25) is 0 Å². The number of hydrogen-bond donors (Lipinski definition) is 0. The van der Waals surface area contributed by atoms with Gasteiger partial charge in [-0.05, 0) is 40.6 Å². The van der Waals surface area contributed by atoms with Gasteiger partial charge in [0.25, 0.3) is 0 Å². The second-order valence-electron chi connectivity index (χ2n) is 6.20. The molecular weight excluding hydrogens is 370 g/mol. The number of rotatable bonds is 1. The SMILES string of the molecule is Brc1cccc2nc3ccccc3c(-c3ccc4ccccc4c3)c12. The maximum atomic E-state index is 4.86. The predicted molar refractivity (Wildman–Crippen MR) is 110 cm³/mol. The molecule has 0 saturated carbocycles. The van der Waals surface area contributed by atoms with E-state index in [1.54, 1.807) is 0 Å². The van der Waals surface area contributed by atoms with E-state index in [-0.39, 0.29) is 0 Å². The molecule has 1 heterocycles. The molecule has 0 radical (unpaired) electrons. The number of hydrogen-bond acceptors (Lipinski definition) is 1. The second-order valence-corrected chi connectivity index (χ2v) is 7.05. The summed E-state index contributed by atoms with van der Waals surface area (Å²) in [6.45, 7) is 0. The van der Waals surface area contributed by atoms with Crippen molar-refractivity contribution >= 4 is 48.5 Å². The van der Waals surface area contributed by atoms with E-state index >= 15 is 0 Å². The Morgan fingerprint density at radius 1 is 0.640 bits per heavy atom.